The molecular weight excluding hydrogens is 310 g/mol. The van der Waals surface area contributed by atoms with Crippen molar-refractivity contribution in [2.45, 2.75) is 32.2 Å². The molecule has 3 rings (SSSR count). The lowest BCUT2D eigenvalue weighted by molar-refractivity contribution is 0.663. The highest BCUT2D eigenvalue weighted by Gasteiger charge is 2.15. The molecule has 0 amide bonds. The van der Waals surface area contributed by atoms with E-state index < -0.39 is 0 Å². The first-order valence-electron chi connectivity index (χ1n) is 6.12. The van der Waals surface area contributed by atoms with Gasteiger partial charge in [-0.15, -0.1) is 11.3 Å². The van der Waals surface area contributed by atoms with Crippen molar-refractivity contribution in [3.8, 4) is 0 Å². The van der Waals surface area contributed by atoms with Crippen LogP contribution in [-0.4, -0.2) is 9.97 Å². The molecule has 0 unspecified atom stereocenters. The summed E-state index contributed by atoms with van der Waals surface area (Å²) in [5.41, 5.74) is 2.55. The maximum Gasteiger partial charge on any atom is 0.133 e. The molecule has 0 aromatic carbocycles. The van der Waals surface area contributed by atoms with Crippen LogP contribution in [0.15, 0.2) is 22.2 Å². The molecule has 1 aliphatic carbocycles. The topological polar surface area (TPSA) is 37.8 Å². The smallest absolute Gasteiger partial charge is 0.133 e. The monoisotopic (exact) mass is 323 g/mol. The second kappa shape index (κ2) is 5.36. The van der Waals surface area contributed by atoms with Gasteiger partial charge in [-0.3, -0.25) is 0 Å². The van der Waals surface area contributed by atoms with Crippen LogP contribution in [-0.2, 0) is 19.4 Å². The maximum absolute atomic E-state index is 4.38. The first-order chi connectivity index (χ1) is 8.83. The average molecular weight is 324 g/mol. The van der Waals surface area contributed by atoms with Gasteiger partial charge in [-0.1, -0.05) is 0 Å². The van der Waals surface area contributed by atoms with E-state index in [0.29, 0.717) is 0 Å². The average Bonchev–Trinajstić information content (AvgIpc) is 2.82. The number of hydrogen-bond acceptors (Lipinski definition) is 4. The van der Waals surface area contributed by atoms with Crippen LogP contribution in [0.1, 0.15) is 29.0 Å². The largest absolute Gasteiger partial charge is 0.365 e. The third-order valence-corrected chi connectivity index (χ3v) is 4.87. The number of aromatic nitrogens is 2. The fourth-order valence-corrected chi connectivity index (χ4v) is 3.68. The normalized spacial score (nSPS) is 14.3. The Kier molecular flexibility index (Phi) is 3.61. The zero-order valence-electron chi connectivity index (χ0n) is 9.95. The van der Waals surface area contributed by atoms with Gasteiger partial charge in [0.05, 0.1) is 6.54 Å². The minimum absolute atomic E-state index is 0.833. The Hall–Kier alpha value is -0.940. The number of halogens is 1. The first-order valence-corrected chi connectivity index (χ1v) is 7.80. The van der Waals surface area contributed by atoms with Crippen molar-refractivity contribution in [2.24, 2.45) is 0 Å². The molecule has 0 fully saturated rings. The van der Waals surface area contributed by atoms with E-state index in [1.165, 1.54) is 29.0 Å². The number of nitrogens with one attached hydrogen (secondary N) is 1. The molecule has 0 atom stereocenters. The van der Waals surface area contributed by atoms with Crippen molar-refractivity contribution in [1.82, 2.24) is 9.97 Å². The first kappa shape index (κ1) is 12.1. The molecule has 2 aromatic heterocycles. The third kappa shape index (κ3) is 2.57. The van der Waals surface area contributed by atoms with Crippen molar-refractivity contribution in [3.05, 3.63) is 38.4 Å². The molecule has 3 nitrogen and oxygen atoms in total. The van der Waals surface area contributed by atoms with E-state index in [9.17, 15) is 0 Å². The summed E-state index contributed by atoms with van der Waals surface area (Å²) in [6, 6.07) is 2.14. The minimum atomic E-state index is 0.833. The van der Waals surface area contributed by atoms with Crippen LogP contribution in [0.5, 0.6) is 0 Å². The standard InChI is InChI=1S/C13H14BrN3S/c14-9-5-10(18-7-9)6-15-13-11-3-1-2-4-12(11)16-8-17-13/h5,7-8H,1-4,6H2,(H,15,16,17). The van der Waals surface area contributed by atoms with Crippen LogP contribution in [0.3, 0.4) is 0 Å². The summed E-state index contributed by atoms with van der Waals surface area (Å²) in [6.07, 6.45) is 6.38. The van der Waals surface area contributed by atoms with E-state index in [1.807, 2.05) is 0 Å². The maximum atomic E-state index is 4.38. The molecule has 0 radical (unpaired) electrons. The molecule has 5 heteroatoms. The summed E-state index contributed by atoms with van der Waals surface area (Å²) in [6.45, 7) is 0.833. The highest BCUT2D eigenvalue weighted by molar-refractivity contribution is 9.10. The highest BCUT2D eigenvalue weighted by atomic mass is 79.9. The van der Waals surface area contributed by atoms with Crippen molar-refractivity contribution in [1.29, 1.82) is 0 Å². The summed E-state index contributed by atoms with van der Waals surface area (Å²) >= 11 is 5.23. The highest BCUT2D eigenvalue weighted by Crippen LogP contribution is 2.26. The van der Waals surface area contributed by atoms with Crippen LogP contribution in [0.2, 0.25) is 0 Å². The van der Waals surface area contributed by atoms with Crippen molar-refractivity contribution >= 4 is 33.1 Å². The van der Waals surface area contributed by atoms with E-state index >= 15 is 0 Å². The lowest BCUT2D eigenvalue weighted by atomic mass is 9.96. The van der Waals surface area contributed by atoms with Crippen LogP contribution >= 0.6 is 27.3 Å². The van der Waals surface area contributed by atoms with Gasteiger partial charge in [0.2, 0.25) is 0 Å². The molecule has 0 saturated carbocycles. The number of rotatable bonds is 3. The van der Waals surface area contributed by atoms with Gasteiger partial charge in [-0.05, 0) is 47.7 Å². The third-order valence-electron chi connectivity index (χ3n) is 3.18. The summed E-state index contributed by atoms with van der Waals surface area (Å²) < 4.78 is 1.15. The fraction of sp³-hybridized carbons (Fsp3) is 0.385. The second-order valence-electron chi connectivity index (χ2n) is 4.44. The number of fused-ring (bicyclic) bond motifs is 1. The van der Waals surface area contributed by atoms with E-state index in [2.05, 4.69) is 42.7 Å². The zero-order valence-corrected chi connectivity index (χ0v) is 12.4. The number of nitrogens with zero attached hydrogens (tertiary/aromatic N) is 2. The Morgan fingerprint density at radius 2 is 2.17 bits per heavy atom. The van der Waals surface area contributed by atoms with Crippen molar-refractivity contribution in [3.63, 3.8) is 0 Å². The molecule has 1 N–H and O–H groups in total. The molecule has 18 heavy (non-hydrogen) atoms. The molecule has 0 aliphatic heterocycles. The Labute approximate surface area is 119 Å². The number of anilines is 1. The molecule has 94 valence electrons. The zero-order chi connectivity index (χ0) is 12.4. The molecule has 0 spiro atoms. The summed E-state index contributed by atoms with van der Waals surface area (Å²) in [5.74, 6) is 1.02. The van der Waals surface area contributed by atoms with Gasteiger partial charge in [0, 0.05) is 26.0 Å². The molecule has 2 heterocycles. The summed E-state index contributed by atoms with van der Waals surface area (Å²) in [7, 11) is 0. The minimum Gasteiger partial charge on any atom is -0.365 e. The lowest BCUT2D eigenvalue weighted by Crippen LogP contribution is -2.11. The number of aryl methyl sites for hydroxylation is 1. The van der Waals surface area contributed by atoms with Crippen molar-refractivity contribution in [2.75, 3.05) is 5.32 Å². The van der Waals surface area contributed by atoms with Gasteiger partial charge >= 0.3 is 0 Å². The number of hydrogen-bond donors (Lipinski definition) is 1. The molecular formula is C13H14BrN3S. The quantitative estimate of drug-likeness (QED) is 0.933. The van der Waals surface area contributed by atoms with Gasteiger partial charge in [-0.2, -0.15) is 0 Å². The van der Waals surface area contributed by atoms with E-state index in [4.69, 9.17) is 0 Å². The fourth-order valence-electron chi connectivity index (χ4n) is 2.29. The van der Waals surface area contributed by atoms with Gasteiger partial charge in [0.15, 0.2) is 0 Å². The lowest BCUT2D eigenvalue weighted by Gasteiger charge is -2.17. The summed E-state index contributed by atoms with van der Waals surface area (Å²) in [5, 5.41) is 5.54. The number of thiophene rings is 1. The Balaban J connectivity index is 1.76. The van der Waals surface area contributed by atoms with E-state index in [1.54, 1.807) is 17.7 Å². The predicted octanol–water partition coefficient (Wildman–Crippen LogP) is 3.79. The molecule has 2 aromatic rings. The van der Waals surface area contributed by atoms with Crippen LogP contribution < -0.4 is 5.32 Å². The predicted molar refractivity (Wildman–Crippen MR) is 78.0 cm³/mol. The second-order valence-corrected chi connectivity index (χ2v) is 6.35. The van der Waals surface area contributed by atoms with Crippen LogP contribution in [0, 0.1) is 0 Å². The van der Waals surface area contributed by atoms with Gasteiger partial charge in [-0.25, -0.2) is 9.97 Å². The van der Waals surface area contributed by atoms with Crippen LogP contribution in [0.25, 0.3) is 0 Å². The molecule has 0 saturated heterocycles. The van der Waals surface area contributed by atoms with Gasteiger partial charge < -0.3 is 5.32 Å². The van der Waals surface area contributed by atoms with E-state index in [-0.39, 0.29) is 0 Å². The SMILES string of the molecule is Brc1csc(CNc2ncnc3c2CCCC3)c1. The van der Waals surface area contributed by atoms with E-state index in [0.717, 1.165) is 29.7 Å². The van der Waals surface area contributed by atoms with Crippen LogP contribution in [0.4, 0.5) is 5.82 Å². The Morgan fingerprint density at radius 3 is 3.00 bits per heavy atom. The Bertz CT molecular complexity index is 553. The van der Waals surface area contributed by atoms with Crippen molar-refractivity contribution < 1.29 is 0 Å². The molecule has 0 bridgehead atoms. The molecule has 1 aliphatic rings. The summed E-state index contributed by atoms with van der Waals surface area (Å²) in [4.78, 5) is 10.1. The Morgan fingerprint density at radius 1 is 1.28 bits per heavy atom. The van der Waals surface area contributed by atoms with Gasteiger partial charge in [0.25, 0.3) is 0 Å². The van der Waals surface area contributed by atoms with Gasteiger partial charge in [0.1, 0.15) is 12.1 Å².